The number of carboxylic acid groups (broad SMARTS) is 1. The highest BCUT2D eigenvalue weighted by molar-refractivity contribution is 9.11. The van der Waals surface area contributed by atoms with E-state index in [0.29, 0.717) is 4.48 Å². The molecular weight excluding hydrogens is 312 g/mol. The Hall–Kier alpha value is -1.82. The molecule has 0 aliphatic rings. The summed E-state index contributed by atoms with van der Waals surface area (Å²) in [5, 5.41) is 14.0. The molecule has 0 saturated heterocycles. The van der Waals surface area contributed by atoms with E-state index in [-0.39, 0.29) is 13.0 Å². The smallest absolute Gasteiger partial charge is 0.326 e. The number of urea groups is 1. The minimum Gasteiger partial charge on any atom is -0.480 e. The van der Waals surface area contributed by atoms with Gasteiger partial charge in [-0.3, -0.25) is 0 Å². The number of carboxylic acids is 1. The van der Waals surface area contributed by atoms with E-state index in [1.807, 2.05) is 30.3 Å². The van der Waals surface area contributed by atoms with Crippen LogP contribution in [0.2, 0.25) is 0 Å². The zero-order valence-electron chi connectivity index (χ0n) is 10.2. The number of nitrogens with one attached hydrogen (secondary N) is 2. The monoisotopic (exact) mass is 326 g/mol. The predicted octanol–water partition coefficient (Wildman–Crippen LogP) is 1.89. The average Bonchev–Trinajstić information content (AvgIpc) is 2.36. The number of aliphatic carboxylic acids is 1. The molecule has 0 unspecified atom stereocenters. The van der Waals surface area contributed by atoms with E-state index < -0.39 is 18.0 Å². The van der Waals surface area contributed by atoms with Gasteiger partial charge in [-0.1, -0.05) is 52.8 Å². The van der Waals surface area contributed by atoms with Crippen molar-refractivity contribution in [2.75, 3.05) is 6.54 Å². The molecule has 6 heteroatoms. The van der Waals surface area contributed by atoms with Crippen molar-refractivity contribution >= 4 is 27.9 Å². The lowest BCUT2D eigenvalue weighted by Gasteiger charge is -2.15. The lowest BCUT2D eigenvalue weighted by Crippen LogP contribution is -2.47. The Bertz CT molecular complexity index is 462. The lowest BCUT2D eigenvalue weighted by atomic mass is 10.1. The third-order valence-electron chi connectivity index (χ3n) is 2.33. The summed E-state index contributed by atoms with van der Waals surface area (Å²) >= 11 is 3.10. The molecule has 1 atom stereocenters. The van der Waals surface area contributed by atoms with Gasteiger partial charge in [-0.15, -0.1) is 0 Å². The van der Waals surface area contributed by atoms with Crippen LogP contribution in [-0.2, 0) is 11.2 Å². The zero-order valence-corrected chi connectivity index (χ0v) is 11.8. The Morgan fingerprint density at radius 3 is 2.47 bits per heavy atom. The van der Waals surface area contributed by atoms with Crippen molar-refractivity contribution in [3.8, 4) is 0 Å². The number of carbonyl (C=O) groups is 2. The number of hydrogen-bond donors (Lipinski definition) is 3. The molecule has 0 saturated carbocycles. The summed E-state index contributed by atoms with van der Waals surface area (Å²) in [7, 11) is 0. The van der Waals surface area contributed by atoms with Crippen LogP contribution in [0.15, 0.2) is 41.4 Å². The van der Waals surface area contributed by atoms with Gasteiger partial charge in [0.2, 0.25) is 0 Å². The molecule has 1 rings (SSSR count). The van der Waals surface area contributed by atoms with Gasteiger partial charge >= 0.3 is 12.0 Å². The van der Waals surface area contributed by atoms with Crippen LogP contribution < -0.4 is 10.6 Å². The van der Waals surface area contributed by atoms with Crippen molar-refractivity contribution in [3.63, 3.8) is 0 Å². The minimum absolute atomic E-state index is 0.235. The maximum absolute atomic E-state index is 11.5. The van der Waals surface area contributed by atoms with Crippen molar-refractivity contribution in [1.82, 2.24) is 10.6 Å². The first kappa shape index (κ1) is 15.2. The van der Waals surface area contributed by atoms with Crippen molar-refractivity contribution in [1.29, 1.82) is 0 Å². The maximum atomic E-state index is 11.5. The number of benzene rings is 1. The van der Waals surface area contributed by atoms with Gasteiger partial charge in [-0.05, 0) is 5.56 Å². The number of hydrogen-bond acceptors (Lipinski definition) is 2. The van der Waals surface area contributed by atoms with E-state index in [0.717, 1.165) is 5.56 Å². The lowest BCUT2D eigenvalue weighted by molar-refractivity contribution is -0.139. The fourth-order valence-corrected chi connectivity index (χ4v) is 1.58. The highest BCUT2D eigenvalue weighted by Gasteiger charge is 2.20. The summed E-state index contributed by atoms with van der Waals surface area (Å²) in [6.45, 7) is 3.81. The summed E-state index contributed by atoms with van der Waals surface area (Å²) in [5.74, 6) is -1.07. The molecule has 0 aromatic heterocycles. The number of carbonyl (C=O) groups excluding carboxylic acids is 1. The fourth-order valence-electron chi connectivity index (χ4n) is 1.44. The van der Waals surface area contributed by atoms with Crippen molar-refractivity contribution in [2.45, 2.75) is 12.5 Å². The van der Waals surface area contributed by atoms with Crippen LogP contribution in [0.25, 0.3) is 0 Å². The second-order valence-electron chi connectivity index (χ2n) is 3.92. The Kier molecular flexibility index (Phi) is 6.08. The summed E-state index contributed by atoms with van der Waals surface area (Å²) in [6, 6.07) is 7.62. The Morgan fingerprint density at radius 2 is 1.95 bits per heavy atom. The predicted molar refractivity (Wildman–Crippen MR) is 76.2 cm³/mol. The Balaban J connectivity index is 2.56. The van der Waals surface area contributed by atoms with Crippen LogP contribution in [0, 0.1) is 0 Å². The van der Waals surface area contributed by atoms with Crippen molar-refractivity contribution < 1.29 is 14.7 Å². The van der Waals surface area contributed by atoms with Crippen LogP contribution in [0.5, 0.6) is 0 Å². The molecule has 19 heavy (non-hydrogen) atoms. The van der Waals surface area contributed by atoms with Crippen molar-refractivity contribution in [2.24, 2.45) is 0 Å². The molecule has 0 spiro atoms. The van der Waals surface area contributed by atoms with Gasteiger partial charge in [-0.2, -0.15) is 0 Å². The van der Waals surface area contributed by atoms with E-state index in [1.165, 1.54) is 0 Å². The number of rotatable bonds is 6. The van der Waals surface area contributed by atoms with Gasteiger partial charge in [0.1, 0.15) is 6.04 Å². The highest BCUT2D eigenvalue weighted by atomic mass is 79.9. The minimum atomic E-state index is -1.07. The molecule has 1 aromatic rings. The van der Waals surface area contributed by atoms with Gasteiger partial charge in [0.25, 0.3) is 0 Å². The van der Waals surface area contributed by atoms with Crippen molar-refractivity contribution in [3.05, 3.63) is 47.0 Å². The molecule has 0 bridgehead atoms. The van der Waals surface area contributed by atoms with E-state index in [1.54, 1.807) is 0 Å². The first-order valence-electron chi connectivity index (χ1n) is 5.63. The van der Waals surface area contributed by atoms with Crippen LogP contribution >= 0.6 is 15.9 Å². The molecule has 5 nitrogen and oxygen atoms in total. The van der Waals surface area contributed by atoms with Gasteiger partial charge in [0, 0.05) is 10.9 Å². The molecule has 3 N–H and O–H groups in total. The fraction of sp³-hybridized carbons (Fsp3) is 0.231. The topological polar surface area (TPSA) is 78.4 Å². The molecule has 1 aromatic carbocycles. The third-order valence-corrected chi connectivity index (χ3v) is 2.61. The molecular formula is C13H15BrN2O3. The second kappa shape index (κ2) is 7.58. The standard InChI is InChI=1S/C13H15BrN2O3/c1-9(14)8-15-13(19)16-11(12(17)18)7-10-5-3-2-4-6-10/h2-6,11H,1,7-8H2,(H,17,18)(H2,15,16,19)/t11-/m0/s1. The molecule has 102 valence electrons. The van der Waals surface area contributed by atoms with Crippen LogP contribution in [-0.4, -0.2) is 29.7 Å². The summed E-state index contributed by atoms with van der Waals surface area (Å²) in [4.78, 5) is 22.6. The largest absolute Gasteiger partial charge is 0.480 e. The summed E-state index contributed by atoms with van der Waals surface area (Å²) < 4.78 is 0.609. The zero-order chi connectivity index (χ0) is 14.3. The van der Waals surface area contributed by atoms with E-state index >= 15 is 0 Å². The van der Waals surface area contributed by atoms with Gasteiger partial charge in [-0.25, -0.2) is 9.59 Å². The Labute approximate surface area is 119 Å². The summed E-state index contributed by atoms with van der Waals surface area (Å²) in [6.07, 6.45) is 0.235. The highest BCUT2D eigenvalue weighted by Crippen LogP contribution is 2.03. The van der Waals surface area contributed by atoms with Crippen LogP contribution in [0.4, 0.5) is 4.79 Å². The normalized spacial score (nSPS) is 11.4. The molecule has 0 radical (unpaired) electrons. The van der Waals surface area contributed by atoms with Crippen LogP contribution in [0.1, 0.15) is 5.56 Å². The molecule has 0 fully saturated rings. The Morgan fingerprint density at radius 1 is 1.32 bits per heavy atom. The first-order chi connectivity index (χ1) is 8.99. The van der Waals surface area contributed by atoms with Gasteiger partial charge in [0.05, 0.1) is 6.54 Å². The molecule has 0 heterocycles. The molecule has 0 aliphatic carbocycles. The van der Waals surface area contributed by atoms with E-state index in [4.69, 9.17) is 5.11 Å². The van der Waals surface area contributed by atoms with Gasteiger partial charge < -0.3 is 15.7 Å². The number of halogens is 1. The SMILES string of the molecule is C=C(Br)CNC(=O)N[C@@H](Cc1ccccc1)C(=O)O. The average molecular weight is 327 g/mol. The molecule has 2 amide bonds. The quantitative estimate of drug-likeness (QED) is 0.747. The first-order valence-corrected chi connectivity index (χ1v) is 6.42. The maximum Gasteiger partial charge on any atom is 0.326 e. The van der Waals surface area contributed by atoms with Gasteiger partial charge in [0.15, 0.2) is 0 Å². The van der Waals surface area contributed by atoms with Crippen LogP contribution in [0.3, 0.4) is 0 Å². The summed E-state index contributed by atoms with van der Waals surface area (Å²) in [5.41, 5.74) is 0.847. The van der Waals surface area contributed by atoms with E-state index in [9.17, 15) is 9.59 Å². The molecule has 0 aliphatic heterocycles. The van der Waals surface area contributed by atoms with E-state index in [2.05, 4.69) is 33.1 Å². The second-order valence-corrected chi connectivity index (χ2v) is 5.05. The number of amides is 2. The third kappa shape index (κ3) is 6.05.